The van der Waals surface area contributed by atoms with Gasteiger partial charge in [0.2, 0.25) is 5.91 Å². The molecule has 2 heterocycles. The van der Waals surface area contributed by atoms with Crippen LogP contribution in [0.3, 0.4) is 0 Å². The minimum absolute atomic E-state index is 0.0143. The molecule has 1 N–H and O–H groups in total. The molecule has 118 valence electrons. The van der Waals surface area contributed by atoms with Crippen molar-refractivity contribution < 1.29 is 18.4 Å². The number of amides is 1. The second kappa shape index (κ2) is 6.66. The summed E-state index contributed by atoms with van der Waals surface area (Å²) in [6.45, 7) is 0. The molecular weight excluding hydrogens is 366 g/mol. The summed E-state index contributed by atoms with van der Waals surface area (Å²) >= 11 is 3.19. The van der Waals surface area contributed by atoms with Crippen LogP contribution in [0.2, 0.25) is 0 Å². The molecule has 0 bridgehead atoms. The number of anilines is 1. The summed E-state index contributed by atoms with van der Waals surface area (Å²) in [4.78, 5) is 12.0. The lowest BCUT2D eigenvalue weighted by molar-refractivity contribution is -0.115. The quantitative estimate of drug-likeness (QED) is 0.733. The molecule has 8 heteroatoms. The predicted octanol–water partition coefficient (Wildman–Crippen LogP) is 3.28. The van der Waals surface area contributed by atoms with E-state index < -0.39 is 0 Å². The number of carbonyl (C=O) groups is 1. The smallest absolute Gasteiger partial charge is 0.322 e. The maximum absolute atomic E-state index is 12.0. The van der Waals surface area contributed by atoms with Crippen molar-refractivity contribution in [2.75, 3.05) is 12.4 Å². The van der Waals surface area contributed by atoms with E-state index in [1.165, 1.54) is 0 Å². The summed E-state index contributed by atoms with van der Waals surface area (Å²) in [5.74, 6) is 1.03. The van der Waals surface area contributed by atoms with Gasteiger partial charge in [-0.25, -0.2) is 0 Å². The number of furan rings is 1. The fourth-order valence-electron chi connectivity index (χ4n) is 1.93. The number of nitrogens with one attached hydrogen (secondary N) is 1. The fourth-order valence-corrected chi connectivity index (χ4v) is 2.24. The van der Waals surface area contributed by atoms with Gasteiger partial charge in [0.05, 0.1) is 13.5 Å². The molecule has 0 unspecified atom stereocenters. The van der Waals surface area contributed by atoms with Crippen molar-refractivity contribution in [1.82, 2.24) is 10.2 Å². The van der Waals surface area contributed by atoms with E-state index in [1.54, 1.807) is 25.3 Å². The van der Waals surface area contributed by atoms with E-state index >= 15 is 0 Å². The molecule has 0 spiro atoms. The number of halogens is 1. The third-order valence-electron chi connectivity index (χ3n) is 2.95. The second-order valence-corrected chi connectivity index (χ2v) is 5.37. The highest BCUT2D eigenvalue weighted by Gasteiger charge is 2.14. The highest BCUT2D eigenvalue weighted by molar-refractivity contribution is 9.10. The Balaban J connectivity index is 1.65. The molecule has 0 aliphatic rings. The lowest BCUT2D eigenvalue weighted by Crippen LogP contribution is -2.14. The molecule has 0 radical (unpaired) electrons. The number of rotatable bonds is 5. The van der Waals surface area contributed by atoms with Gasteiger partial charge in [-0.2, -0.15) is 0 Å². The third kappa shape index (κ3) is 3.78. The Bertz CT molecular complexity index is 828. The van der Waals surface area contributed by atoms with Gasteiger partial charge in [-0.15, -0.1) is 5.10 Å². The summed E-state index contributed by atoms with van der Waals surface area (Å²) in [5.41, 5.74) is 0.816. The van der Waals surface area contributed by atoms with E-state index in [-0.39, 0.29) is 24.2 Å². The Hall–Kier alpha value is -2.61. The van der Waals surface area contributed by atoms with Gasteiger partial charge in [-0.3, -0.25) is 10.1 Å². The topological polar surface area (TPSA) is 90.4 Å². The highest BCUT2D eigenvalue weighted by Crippen LogP contribution is 2.25. The molecule has 0 saturated heterocycles. The van der Waals surface area contributed by atoms with Gasteiger partial charge in [0.15, 0.2) is 10.4 Å². The maximum atomic E-state index is 12.0. The number of aromatic nitrogens is 2. The van der Waals surface area contributed by atoms with Crippen LogP contribution in [0.1, 0.15) is 5.56 Å². The van der Waals surface area contributed by atoms with Crippen LogP contribution in [-0.2, 0) is 11.2 Å². The summed E-state index contributed by atoms with van der Waals surface area (Å²) < 4.78 is 16.3. The van der Waals surface area contributed by atoms with Crippen molar-refractivity contribution >= 4 is 27.9 Å². The van der Waals surface area contributed by atoms with Crippen LogP contribution in [0.4, 0.5) is 6.01 Å². The molecule has 3 aromatic rings. The largest absolute Gasteiger partial charge is 0.497 e. The van der Waals surface area contributed by atoms with Crippen LogP contribution in [0, 0.1) is 0 Å². The standard InChI is InChI=1S/C15H12BrN3O4/c1-21-10-4-2-3-9(7-10)8-13(20)17-15-19-18-14(23-15)11-5-6-12(16)22-11/h2-7H,8H2,1H3,(H,17,19,20). The second-order valence-electron chi connectivity index (χ2n) is 4.59. The van der Waals surface area contributed by atoms with Crippen LogP contribution in [0.5, 0.6) is 5.75 Å². The molecule has 2 aromatic heterocycles. The predicted molar refractivity (Wildman–Crippen MR) is 85.0 cm³/mol. The molecular formula is C15H12BrN3O4. The SMILES string of the molecule is COc1cccc(CC(=O)Nc2nnc(-c3ccc(Br)o3)o2)c1. The Kier molecular flexibility index (Phi) is 4.42. The lowest BCUT2D eigenvalue weighted by Gasteiger charge is -2.03. The number of methoxy groups -OCH3 is 1. The zero-order valence-electron chi connectivity index (χ0n) is 12.1. The van der Waals surface area contributed by atoms with Gasteiger partial charge in [-0.05, 0) is 45.8 Å². The van der Waals surface area contributed by atoms with E-state index in [9.17, 15) is 4.79 Å². The summed E-state index contributed by atoms with van der Waals surface area (Å²) in [7, 11) is 1.58. The molecule has 1 amide bonds. The zero-order chi connectivity index (χ0) is 16.2. The van der Waals surface area contributed by atoms with Gasteiger partial charge in [0, 0.05) is 0 Å². The first-order valence-electron chi connectivity index (χ1n) is 6.66. The van der Waals surface area contributed by atoms with E-state index in [1.807, 2.05) is 18.2 Å². The van der Waals surface area contributed by atoms with Crippen LogP contribution >= 0.6 is 15.9 Å². The van der Waals surface area contributed by atoms with Gasteiger partial charge >= 0.3 is 6.01 Å². The number of hydrogen-bond donors (Lipinski definition) is 1. The Morgan fingerprint density at radius 1 is 1.26 bits per heavy atom. The Morgan fingerprint density at radius 2 is 2.13 bits per heavy atom. The summed E-state index contributed by atoms with van der Waals surface area (Å²) in [6.07, 6.45) is 0.168. The van der Waals surface area contributed by atoms with E-state index in [0.717, 1.165) is 5.56 Å². The van der Waals surface area contributed by atoms with Gasteiger partial charge < -0.3 is 13.6 Å². The van der Waals surface area contributed by atoms with Crippen molar-refractivity contribution in [3.05, 3.63) is 46.6 Å². The molecule has 1 aromatic carbocycles. The van der Waals surface area contributed by atoms with E-state index in [2.05, 4.69) is 31.4 Å². The van der Waals surface area contributed by atoms with E-state index in [0.29, 0.717) is 16.2 Å². The minimum atomic E-state index is -0.269. The molecule has 0 aliphatic heterocycles. The Morgan fingerprint density at radius 3 is 2.87 bits per heavy atom. The molecule has 0 atom stereocenters. The number of nitrogens with zero attached hydrogens (tertiary/aromatic N) is 2. The number of ether oxygens (including phenoxy) is 1. The van der Waals surface area contributed by atoms with Crippen LogP contribution in [0.15, 0.2) is 49.9 Å². The minimum Gasteiger partial charge on any atom is -0.497 e. The average Bonchev–Trinajstić information content (AvgIpc) is 3.16. The van der Waals surface area contributed by atoms with Crippen molar-refractivity contribution in [3.8, 4) is 17.4 Å². The van der Waals surface area contributed by atoms with Crippen LogP contribution in [-0.4, -0.2) is 23.2 Å². The summed E-state index contributed by atoms with van der Waals surface area (Å²) in [6, 6.07) is 10.7. The van der Waals surface area contributed by atoms with Crippen molar-refractivity contribution in [2.45, 2.75) is 6.42 Å². The normalized spacial score (nSPS) is 10.5. The molecule has 0 saturated carbocycles. The molecule has 3 rings (SSSR count). The van der Waals surface area contributed by atoms with Crippen molar-refractivity contribution in [3.63, 3.8) is 0 Å². The maximum Gasteiger partial charge on any atom is 0.322 e. The van der Waals surface area contributed by atoms with Crippen molar-refractivity contribution in [2.24, 2.45) is 0 Å². The average molecular weight is 378 g/mol. The van der Waals surface area contributed by atoms with Crippen LogP contribution < -0.4 is 10.1 Å². The molecule has 23 heavy (non-hydrogen) atoms. The monoisotopic (exact) mass is 377 g/mol. The zero-order valence-corrected chi connectivity index (χ0v) is 13.7. The molecule has 7 nitrogen and oxygen atoms in total. The molecule has 0 fully saturated rings. The van der Waals surface area contributed by atoms with Crippen molar-refractivity contribution in [1.29, 1.82) is 0 Å². The van der Waals surface area contributed by atoms with Gasteiger partial charge in [0.1, 0.15) is 5.75 Å². The first kappa shape index (κ1) is 15.3. The lowest BCUT2D eigenvalue weighted by atomic mass is 10.1. The first-order valence-corrected chi connectivity index (χ1v) is 7.45. The first-order chi connectivity index (χ1) is 11.1. The van der Waals surface area contributed by atoms with Gasteiger partial charge in [-0.1, -0.05) is 17.2 Å². The number of benzene rings is 1. The Labute approximate surface area is 139 Å². The highest BCUT2D eigenvalue weighted by atomic mass is 79.9. The number of carbonyl (C=O) groups excluding carboxylic acids is 1. The van der Waals surface area contributed by atoms with E-state index in [4.69, 9.17) is 13.6 Å². The van der Waals surface area contributed by atoms with Crippen LogP contribution in [0.25, 0.3) is 11.7 Å². The summed E-state index contributed by atoms with van der Waals surface area (Å²) in [5, 5.41) is 10.1. The molecule has 0 aliphatic carbocycles. The third-order valence-corrected chi connectivity index (χ3v) is 3.38. The number of hydrogen-bond acceptors (Lipinski definition) is 6. The fraction of sp³-hybridized carbons (Fsp3) is 0.133. The van der Waals surface area contributed by atoms with Gasteiger partial charge in [0.25, 0.3) is 5.89 Å².